The average molecular weight is 215 g/mol. The fourth-order valence-corrected chi connectivity index (χ4v) is 1.28. The number of nitrogens with one attached hydrogen (secondary N) is 1. The topological polar surface area (TPSA) is 24.9 Å². The molecule has 0 unspecified atom stereocenters. The van der Waals surface area contributed by atoms with Crippen LogP contribution in [-0.4, -0.2) is 12.0 Å². The summed E-state index contributed by atoms with van der Waals surface area (Å²) in [6.07, 6.45) is 3.70. The Balaban J connectivity index is 2.96. The molecule has 0 saturated carbocycles. The third-order valence-corrected chi connectivity index (χ3v) is 2.42. The van der Waals surface area contributed by atoms with Crippen molar-refractivity contribution < 1.29 is 0 Å². The van der Waals surface area contributed by atoms with Gasteiger partial charge in [0, 0.05) is 23.4 Å². The van der Waals surface area contributed by atoms with Crippen LogP contribution in [0, 0.1) is 6.92 Å². The summed E-state index contributed by atoms with van der Waals surface area (Å²) in [6.45, 7) is 2.96. The van der Waals surface area contributed by atoms with Gasteiger partial charge in [0.25, 0.3) is 0 Å². The van der Waals surface area contributed by atoms with E-state index in [4.69, 9.17) is 0 Å². The van der Waals surface area contributed by atoms with E-state index in [0.717, 1.165) is 11.0 Å². The predicted molar refractivity (Wildman–Crippen MR) is 49.4 cm³/mol. The van der Waals surface area contributed by atoms with E-state index in [-0.39, 0.29) is 0 Å². The first-order valence-corrected chi connectivity index (χ1v) is 4.28. The van der Waals surface area contributed by atoms with E-state index in [1.165, 1.54) is 11.1 Å². The van der Waals surface area contributed by atoms with E-state index in [1.54, 1.807) is 0 Å². The Kier molecular flexibility index (Phi) is 3.02. The Morgan fingerprint density at radius 2 is 2.27 bits per heavy atom. The molecule has 1 rings (SSSR count). The van der Waals surface area contributed by atoms with Crippen LogP contribution in [0.1, 0.15) is 11.1 Å². The summed E-state index contributed by atoms with van der Waals surface area (Å²) >= 11 is 3.43. The van der Waals surface area contributed by atoms with Crippen molar-refractivity contribution in [2.75, 3.05) is 7.05 Å². The number of hydrogen-bond acceptors (Lipinski definition) is 2. The number of nitrogens with zero attached hydrogens (tertiary/aromatic N) is 1. The Labute approximate surface area is 75.2 Å². The molecule has 0 fully saturated rings. The van der Waals surface area contributed by atoms with E-state index in [0.29, 0.717) is 0 Å². The van der Waals surface area contributed by atoms with Crippen LogP contribution in [0.15, 0.2) is 16.9 Å². The first-order valence-electron chi connectivity index (χ1n) is 3.49. The second-order valence-corrected chi connectivity index (χ2v) is 3.29. The fraction of sp³-hybridized carbons (Fsp3) is 0.375. The maximum Gasteiger partial charge on any atom is 0.0413 e. The smallest absolute Gasteiger partial charge is 0.0413 e. The summed E-state index contributed by atoms with van der Waals surface area (Å²) in [7, 11) is 1.93. The van der Waals surface area contributed by atoms with Gasteiger partial charge in [-0.15, -0.1) is 0 Å². The van der Waals surface area contributed by atoms with Crippen molar-refractivity contribution in [3.8, 4) is 0 Å². The van der Waals surface area contributed by atoms with Gasteiger partial charge in [0.05, 0.1) is 0 Å². The normalized spacial score (nSPS) is 10.1. The van der Waals surface area contributed by atoms with Crippen LogP contribution in [0.4, 0.5) is 0 Å². The van der Waals surface area contributed by atoms with Crippen molar-refractivity contribution in [2.24, 2.45) is 0 Å². The Morgan fingerprint density at radius 1 is 1.55 bits per heavy atom. The molecule has 0 saturated heterocycles. The maximum absolute atomic E-state index is 4.08. The number of hydrogen-bond donors (Lipinski definition) is 1. The molecule has 0 aliphatic rings. The van der Waals surface area contributed by atoms with Gasteiger partial charge in [0.1, 0.15) is 0 Å². The lowest BCUT2D eigenvalue weighted by Gasteiger charge is -2.04. The first kappa shape index (κ1) is 8.68. The molecule has 0 atom stereocenters. The van der Waals surface area contributed by atoms with Gasteiger partial charge in [-0.2, -0.15) is 0 Å². The van der Waals surface area contributed by atoms with Crippen molar-refractivity contribution >= 4 is 15.9 Å². The molecule has 60 valence electrons. The third kappa shape index (κ3) is 2.01. The SMILES string of the molecule is CNCc1cncc(Br)c1C. The largest absolute Gasteiger partial charge is 0.316 e. The minimum Gasteiger partial charge on any atom is -0.316 e. The van der Waals surface area contributed by atoms with Gasteiger partial charge >= 0.3 is 0 Å². The number of pyridine rings is 1. The highest BCUT2D eigenvalue weighted by Crippen LogP contribution is 2.17. The van der Waals surface area contributed by atoms with E-state index < -0.39 is 0 Å². The Hall–Kier alpha value is -0.410. The molecule has 0 aliphatic carbocycles. The summed E-state index contributed by atoms with van der Waals surface area (Å²) in [6, 6.07) is 0. The molecule has 0 amide bonds. The summed E-state index contributed by atoms with van der Waals surface area (Å²) in [5.74, 6) is 0. The second kappa shape index (κ2) is 3.83. The standard InChI is InChI=1S/C8H11BrN2/c1-6-7(3-10-2)4-11-5-8(6)9/h4-5,10H,3H2,1-2H3. The summed E-state index contributed by atoms with van der Waals surface area (Å²) in [4.78, 5) is 4.08. The minimum absolute atomic E-state index is 0.873. The molecule has 0 aromatic carbocycles. The zero-order valence-corrected chi connectivity index (χ0v) is 8.27. The van der Waals surface area contributed by atoms with Crippen molar-refractivity contribution in [1.82, 2.24) is 10.3 Å². The fourth-order valence-electron chi connectivity index (χ4n) is 0.908. The molecule has 1 heterocycles. The molecule has 1 aromatic rings. The zero-order valence-electron chi connectivity index (χ0n) is 6.69. The molecular formula is C8H11BrN2. The molecule has 1 aromatic heterocycles. The van der Waals surface area contributed by atoms with Crippen LogP contribution in [0.5, 0.6) is 0 Å². The van der Waals surface area contributed by atoms with E-state index in [1.807, 2.05) is 19.4 Å². The van der Waals surface area contributed by atoms with E-state index >= 15 is 0 Å². The lowest BCUT2D eigenvalue weighted by atomic mass is 10.2. The van der Waals surface area contributed by atoms with Crippen molar-refractivity contribution in [3.63, 3.8) is 0 Å². The van der Waals surface area contributed by atoms with Crippen LogP contribution in [0.3, 0.4) is 0 Å². The second-order valence-electron chi connectivity index (χ2n) is 2.44. The predicted octanol–water partition coefficient (Wildman–Crippen LogP) is 1.87. The Morgan fingerprint density at radius 3 is 2.91 bits per heavy atom. The van der Waals surface area contributed by atoms with Crippen molar-refractivity contribution in [1.29, 1.82) is 0 Å². The van der Waals surface area contributed by atoms with Gasteiger partial charge in [0.2, 0.25) is 0 Å². The summed E-state index contributed by atoms with van der Waals surface area (Å²) < 4.78 is 1.07. The number of aromatic nitrogens is 1. The van der Waals surface area contributed by atoms with E-state index in [9.17, 15) is 0 Å². The summed E-state index contributed by atoms with van der Waals surface area (Å²) in [5.41, 5.74) is 2.50. The van der Waals surface area contributed by atoms with Gasteiger partial charge < -0.3 is 5.32 Å². The highest BCUT2D eigenvalue weighted by atomic mass is 79.9. The molecule has 0 spiro atoms. The van der Waals surface area contributed by atoms with Crippen LogP contribution >= 0.6 is 15.9 Å². The highest BCUT2D eigenvalue weighted by Gasteiger charge is 1.99. The molecule has 11 heavy (non-hydrogen) atoms. The van der Waals surface area contributed by atoms with Gasteiger partial charge in [-0.05, 0) is 41.0 Å². The molecular weight excluding hydrogens is 204 g/mol. The maximum atomic E-state index is 4.08. The lowest BCUT2D eigenvalue weighted by molar-refractivity contribution is 0.806. The molecule has 1 N–H and O–H groups in total. The zero-order chi connectivity index (χ0) is 8.27. The molecule has 0 bridgehead atoms. The van der Waals surface area contributed by atoms with Crippen LogP contribution < -0.4 is 5.32 Å². The quantitative estimate of drug-likeness (QED) is 0.814. The first-order chi connectivity index (χ1) is 5.25. The highest BCUT2D eigenvalue weighted by molar-refractivity contribution is 9.10. The molecule has 0 radical (unpaired) electrons. The van der Waals surface area contributed by atoms with E-state index in [2.05, 4.69) is 33.2 Å². The van der Waals surface area contributed by atoms with Crippen molar-refractivity contribution in [2.45, 2.75) is 13.5 Å². The van der Waals surface area contributed by atoms with Gasteiger partial charge in [-0.25, -0.2) is 0 Å². The monoisotopic (exact) mass is 214 g/mol. The molecule has 0 aliphatic heterocycles. The average Bonchev–Trinajstić information content (AvgIpc) is 1.99. The molecule has 2 nitrogen and oxygen atoms in total. The lowest BCUT2D eigenvalue weighted by Crippen LogP contribution is -2.07. The van der Waals surface area contributed by atoms with Crippen LogP contribution in [0.2, 0.25) is 0 Å². The van der Waals surface area contributed by atoms with Crippen LogP contribution in [0.25, 0.3) is 0 Å². The number of halogens is 1. The van der Waals surface area contributed by atoms with Gasteiger partial charge in [-0.3, -0.25) is 4.98 Å². The minimum atomic E-state index is 0.873. The van der Waals surface area contributed by atoms with Gasteiger partial charge in [0.15, 0.2) is 0 Å². The summed E-state index contributed by atoms with van der Waals surface area (Å²) in [5, 5.41) is 3.09. The number of rotatable bonds is 2. The van der Waals surface area contributed by atoms with Crippen molar-refractivity contribution in [3.05, 3.63) is 28.0 Å². The van der Waals surface area contributed by atoms with Crippen LogP contribution in [-0.2, 0) is 6.54 Å². The third-order valence-electron chi connectivity index (χ3n) is 1.63. The molecule has 3 heteroatoms. The Bertz CT molecular complexity index is 248. The van der Waals surface area contributed by atoms with Gasteiger partial charge in [-0.1, -0.05) is 0 Å².